The van der Waals surface area contributed by atoms with Crippen LogP contribution in [-0.2, 0) is 4.65 Å². The molecular weight excluding hydrogens is 267 g/mol. The van der Waals surface area contributed by atoms with Gasteiger partial charge in [0, 0.05) is 5.56 Å². The molecule has 0 aliphatic carbocycles. The lowest BCUT2D eigenvalue weighted by Gasteiger charge is -2.09. The van der Waals surface area contributed by atoms with Crippen molar-refractivity contribution in [2.24, 2.45) is 0 Å². The Morgan fingerprint density at radius 3 is 2.52 bits per heavy atom. The summed E-state index contributed by atoms with van der Waals surface area (Å²) in [6, 6.07) is 13.9. The van der Waals surface area contributed by atoms with Gasteiger partial charge < -0.3 is 14.5 Å². The average molecular weight is 276 g/mol. The maximum absolute atomic E-state index is 9.67. The second-order valence-corrected chi connectivity index (χ2v) is 4.56. The Morgan fingerprint density at radius 1 is 1.05 bits per heavy atom. The van der Waals surface area contributed by atoms with Gasteiger partial charge in [0.2, 0.25) is 0 Å². The van der Waals surface area contributed by atoms with E-state index in [9.17, 15) is 5.11 Å². The first-order valence-electron chi connectivity index (χ1n) is 6.26. The highest BCUT2D eigenvalue weighted by Crippen LogP contribution is 2.27. The number of rotatable bonds is 2. The Morgan fingerprint density at radius 2 is 1.76 bits per heavy atom. The summed E-state index contributed by atoms with van der Waals surface area (Å²) in [5, 5.41) is 27.5. The predicted octanol–water partition coefficient (Wildman–Crippen LogP) is 1.22. The molecule has 5 nitrogen and oxygen atoms in total. The summed E-state index contributed by atoms with van der Waals surface area (Å²) < 4.78 is 10.8. The monoisotopic (exact) mass is 276 g/mol. The van der Waals surface area contributed by atoms with E-state index in [2.05, 4.69) is 0 Å². The summed E-state index contributed by atoms with van der Waals surface area (Å²) >= 11 is 0. The van der Waals surface area contributed by atoms with Crippen LogP contribution in [0.1, 0.15) is 23.0 Å². The molecule has 0 spiro atoms. The number of nitriles is 2. The molecule has 3 rings (SSSR count). The number of ether oxygens (including phenoxy) is 1. The van der Waals surface area contributed by atoms with Crippen molar-refractivity contribution in [1.29, 1.82) is 10.5 Å². The lowest BCUT2D eigenvalue weighted by Crippen LogP contribution is -2.10. The summed E-state index contributed by atoms with van der Waals surface area (Å²) in [4.78, 5) is 0. The van der Waals surface area contributed by atoms with Crippen LogP contribution in [0.25, 0.3) is 0 Å². The van der Waals surface area contributed by atoms with E-state index in [1.54, 1.807) is 24.3 Å². The molecule has 0 radical (unpaired) electrons. The van der Waals surface area contributed by atoms with E-state index in [0.29, 0.717) is 30.1 Å². The summed E-state index contributed by atoms with van der Waals surface area (Å²) in [6.45, 7) is 0. The quantitative estimate of drug-likeness (QED) is 0.833. The first-order chi connectivity index (χ1) is 10.2. The number of hydrogen-bond acceptors (Lipinski definition) is 5. The Hall–Kier alpha value is -2.80. The molecule has 2 aromatic carbocycles. The first kappa shape index (κ1) is 13.2. The van der Waals surface area contributed by atoms with E-state index in [1.807, 2.05) is 18.2 Å². The Kier molecular flexibility index (Phi) is 3.33. The van der Waals surface area contributed by atoms with Crippen LogP contribution in [0.2, 0.25) is 0 Å². The van der Waals surface area contributed by atoms with Crippen molar-refractivity contribution < 1.29 is 14.5 Å². The van der Waals surface area contributed by atoms with Crippen LogP contribution in [-0.4, -0.2) is 12.6 Å². The second kappa shape index (κ2) is 5.30. The molecule has 0 aromatic heterocycles. The third kappa shape index (κ3) is 2.46. The van der Waals surface area contributed by atoms with Crippen LogP contribution in [0.15, 0.2) is 36.4 Å². The summed E-state index contributed by atoms with van der Waals surface area (Å²) in [5.41, 5.74) is 2.18. The van der Waals surface area contributed by atoms with Crippen molar-refractivity contribution in [3.63, 3.8) is 0 Å². The Labute approximate surface area is 121 Å². The van der Waals surface area contributed by atoms with Gasteiger partial charge in [-0.1, -0.05) is 6.07 Å². The molecule has 0 saturated heterocycles. The number of nitrogens with zero attached hydrogens (tertiary/aromatic N) is 2. The first-order valence-corrected chi connectivity index (χ1v) is 6.26. The summed E-state index contributed by atoms with van der Waals surface area (Å²) in [7, 11) is 0.381. The third-order valence-electron chi connectivity index (χ3n) is 3.25. The van der Waals surface area contributed by atoms with E-state index in [4.69, 9.17) is 19.9 Å². The molecule has 0 amide bonds. The van der Waals surface area contributed by atoms with Crippen molar-refractivity contribution in [2.45, 2.75) is 6.29 Å². The molecule has 21 heavy (non-hydrogen) atoms. The van der Waals surface area contributed by atoms with Gasteiger partial charge in [0.05, 0.1) is 11.1 Å². The van der Waals surface area contributed by atoms with Crippen LogP contribution in [0.4, 0.5) is 0 Å². The molecule has 2 aromatic rings. The molecule has 0 bridgehead atoms. The van der Waals surface area contributed by atoms with Gasteiger partial charge >= 0.3 is 7.48 Å². The molecule has 1 N–H and O–H groups in total. The van der Waals surface area contributed by atoms with Gasteiger partial charge in [-0.25, -0.2) is 0 Å². The Balaban J connectivity index is 1.90. The predicted molar refractivity (Wildman–Crippen MR) is 75.2 cm³/mol. The topological polar surface area (TPSA) is 86.3 Å². The van der Waals surface area contributed by atoms with Crippen molar-refractivity contribution >= 4 is 12.9 Å². The SMILES string of the molecule is N#Cc1ccc(Oc2ccc3c(c2)C(O)OB3)cc1C#N. The second-order valence-electron chi connectivity index (χ2n) is 4.56. The van der Waals surface area contributed by atoms with Crippen LogP contribution in [0, 0.1) is 22.7 Å². The summed E-state index contributed by atoms with van der Waals surface area (Å²) in [6.07, 6.45) is -0.931. The van der Waals surface area contributed by atoms with Gasteiger partial charge in [-0.15, -0.1) is 0 Å². The van der Waals surface area contributed by atoms with Crippen LogP contribution < -0.4 is 10.2 Å². The molecule has 1 atom stereocenters. The molecule has 0 fully saturated rings. The average Bonchev–Trinajstić information content (AvgIpc) is 2.88. The van der Waals surface area contributed by atoms with Gasteiger partial charge in [-0.2, -0.15) is 10.5 Å². The molecule has 1 aliphatic rings. The largest absolute Gasteiger partial charge is 0.457 e. The normalized spacial score (nSPS) is 15.5. The number of benzene rings is 2. The minimum Gasteiger partial charge on any atom is -0.457 e. The molecule has 6 heteroatoms. The fraction of sp³-hybridized carbons (Fsp3) is 0.0667. The lowest BCUT2D eigenvalue weighted by atomic mass is 9.87. The maximum atomic E-state index is 9.67. The van der Waals surface area contributed by atoms with Crippen LogP contribution in [0.5, 0.6) is 11.5 Å². The standard InChI is InChI=1S/C15H9BN2O3/c17-7-9-1-2-11(5-10(9)8-18)20-12-3-4-14-13(6-12)15(19)21-16-14/h1-6,15-16,19H. The van der Waals surface area contributed by atoms with Crippen molar-refractivity contribution in [3.8, 4) is 23.6 Å². The lowest BCUT2D eigenvalue weighted by molar-refractivity contribution is -0.00804. The van der Waals surface area contributed by atoms with E-state index < -0.39 is 6.29 Å². The van der Waals surface area contributed by atoms with Gasteiger partial charge in [0.1, 0.15) is 23.6 Å². The fourth-order valence-corrected chi connectivity index (χ4v) is 2.17. The van der Waals surface area contributed by atoms with Crippen LogP contribution >= 0.6 is 0 Å². The molecular formula is C15H9BN2O3. The summed E-state index contributed by atoms with van der Waals surface area (Å²) in [5.74, 6) is 0.991. The number of aliphatic hydroxyl groups is 1. The zero-order valence-corrected chi connectivity index (χ0v) is 10.9. The van der Waals surface area contributed by atoms with Gasteiger partial charge in [-0.05, 0) is 35.8 Å². The van der Waals surface area contributed by atoms with Gasteiger partial charge in [0.25, 0.3) is 0 Å². The molecule has 100 valence electrons. The number of hydrogen-bond donors (Lipinski definition) is 1. The zero-order valence-electron chi connectivity index (χ0n) is 10.9. The van der Waals surface area contributed by atoms with E-state index >= 15 is 0 Å². The minimum atomic E-state index is -0.931. The van der Waals surface area contributed by atoms with E-state index in [-0.39, 0.29) is 5.56 Å². The van der Waals surface area contributed by atoms with Gasteiger partial charge in [-0.3, -0.25) is 0 Å². The molecule has 1 unspecified atom stereocenters. The Bertz CT molecular complexity index is 792. The van der Waals surface area contributed by atoms with E-state index in [0.717, 1.165) is 5.46 Å². The van der Waals surface area contributed by atoms with Gasteiger partial charge in [0.15, 0.2) is 6.29 Å². The number of aliphatic hydroxyl groups excluding tert-OH is 1. The highest BCUT2D eigenvalue weighted by atomic mass is 16.6. The highest BCUT2D eigenvalue weighted by molar-refractivity contribution is 6.49. The smallest absolute Gasteiger partial charge is 0.312 e. The van der Waals surface area contributed by atoms with E-state index in [1.165, 1.54) is 6.07 Å². The minimum absolute atomic E-state index is 0.263. The van der Waals surface area contributed by atoms with Crippen molar-refractivity contribution in [2.75, 3.05) is 0 Å². The van der Waals surface area contributed by atoms with Crippen molar-refractivity contribution in [1.82, 2.24) is 0 Å². The molecule has 1 aliphatic heterocycles. The van der Waals surface area contributed by atoms with Crippen molar-refractivity contribution in [3.05, 3.63) is 53.1 Å². The molecule has 0 saturated carbocycles. The highest BCUT2D eigenvalue weighted by Gasteiger charge is 2.22. The maximum Gasteiger partial charge on any atom is 0.312 e. The van der Waals surface area contributed by atoms with Crippen LogP contribution in [0.3, 0.4) is 0 Å². The molecule has 1 heterocycles. The zero-order chi connectivity index (χ0) is 14.8. The third-order valence-corrected chi connectivity index (χ3v) is 3.25. The fourth-order valence-electron chi connectivity index (χ4n) is 2.17. The number of fused-ring (bicyclic) bond motifs is 1.